The van der Waals surface area contributed by atoms with Gasteiger partial charge in [0.05, 0.1) is 4.47 Å². The van der Waals surface area contributed by atoms with Gasteiger partial charge in [0.1, 0.15) is 11.4 Å². The van der Waals surface area contributed by atoms with Crippen molar-refractivity contribution in [1.29, 1.82) is 0 Å². The van der Waals surface area contributed by atoms with Crippen molar-refractivity contribution in [1.82, 2.24) is 10.3 Å². The van der Waals surface area contributed by atoms with E-state index in [0.717, 1.165) is 39.8 Å². The maximum Gasteiger partial charge on any atom is 0.407 e. The zero-order chi connectivity index (χ0) is 16.3. The molecule has 0 saturated carbocycles. The fourth-order valence-corrected chi connectivity index (χ4v) is 3.23. The second kappa shape index (κ2) is 7.33. The number of nitrogens with one attached hydrogen (secondary N) is 1. The summed E-state index contributed by atoms with van der Waals surface area (Å²) in [6, 6.07) is 2.14. The smallest absolute Gasteiger partial charge is 0.407 e. The molecule has 1 aliphatic rings. The fraction of sp³-hybridized carbons (Fsp3) is 0.600. The van der Waals surface area contributed by atoms with Gasteiger partial charge in [-0.25, -0.2) is 9.78 Å². The summed E-state index contributed by atoms with van der Waals surface area (Å²) in [5.41, 5.74) is -0.458. The normalized spacial score (nSPS) is 16.5. The molecule has 0 spiro atoms. The third kappa shape index (κ3) is 4.97. The molecule has 1 aliphatic heterocycles. The van der Waals surface area contributed by atoms with Crippen LogP contribution in [-0.4, -0.2) is 35.8 Å². The largest absolute Gasteiger partial charge is 0.444 e. The van der Waals surface area contributed by atoms with Crippen molar-refractivity contribution in [3.63, 3.8) is 0 Å². The van der Waals surface area contributed by atoms with E-state index in [-0.39, 0.29) is 12.1 Å². The highest BCUT2D eigenvalue weighted by atomic mass is 127. The van der Waals surface area contributed by atoms with Crippen molar-refractivity contribution >= 4 is 50.4 Å². The zero-order valence-corrected chi connectivity index (χ0v) is 16.8. The van der Waals surface area contributed by atoms with Gasteiger partial charge >= 0.3 is 6.09 Å². The molecule has 0 radical (unpaired) electrons. The predicted molar refractivity (Wildman–Crippen MR) is 99.3 cm³/mol. The summed E-state index contributed by atoms with van der Waals surface area (Å²) in [4.78, 5) is 18.5. The number of rotatable bonds is 2. The van der Waals surface area contributed by atoms with Crippen molar-refractivity contribution in [3.05, 3.63) is 20.3 Å². The van der Waals surface area contributed by atoms with Crippen molar-refractivity contribution in [2.24, 2.45) is 0 Å². The maximum absolute atomic E-state index is 11.8. The Morgan fingerprint density at radius 3 is 2.68 bits per heavy atom. The van der Waals surface area contributed by atoms with Gasteiger partial charge in [-0.05, 0) is 78.2 Å². The molecule has 0 bridgehead atoms. The second-order valence-electron chi connectivity index (χ2n) is 6.34. The van der Waals surface area contributed by atoms with Gasteiger partial charge in [-0.3, -0.25) is 0 Å². The average molecular weight is 482 g/mol. The minimum Gasteiger partial charge on any atom is -0.444 e. The Kier molecular flexibility index (Phi) is 5.93. The molecule has 0 atom stereocenters. The van der Waals surface area contributed by atoms with E-state index in [0.29, 0.717) is 0 Å². The topological polar surface area (TPSA) is 54.5 Å². The number of amides is 1. The first-order valence-electron chi connectivity index (χ1n) is 7.31. The minimum absolute atomic E-state index is 0.160. The number of hydrogen-bond acceptors (Lipinski definition) is 4. The van der Waals surface area contributed by atoms with E-state index in [1.807, 2.05) is 33.0 Å². The summed E-state index contributed by atoms with van der Waals surface area (Å²) in [7, 11) is 0. The monoisotopic (exact) mass is 481 g/mol. The van der Waals surface area contributed by atoms with Crippen molar-refractivity contribution in [2.45, 2.75) is 45.3 Å². The number of anilines is 1. The lowest BCUT2D eigenvalue weighted by molar-refractivity contribution is 0.0497. The Balaban J connectivity index is 1.88. The predicted octanol–water partition coefficient (Wildman–Crippen LogP) is 3.94. The molecule has 0 aromatic carbocycles. The highest BCUT2D eigenvalue weighted by Gasteiger charge is 2.25. The number of nitrogens with zero attached hydrogens (tertiary/aromatic N) is 2. The van der Waals surface area contributed by atoms with Crippen LogP contribution in [-0.2, 0) is 4.74 Å². The molecule has 0 aliphatic carbocycles. The maximum atomic E-state index is 11.8. The lowest BCUT2D eigenvalue weighted by Crippen LogP contribution is -2.46. The highest BCUT2D eigenvalue weighted by molar-refractivity contribution is 14.1. The zero-order valence-electron chi connectivity index (χ0n) is 13.0. The SMILES string of the molecule is CC(C)(C)OC(=O)NC1CCN(c2nccc(I)c2Br)CC1. The van der Waals surface area contributed by atoms with E-state index in [4.69, 9.17) is 4.74 Å². The van der Waals surface area contributed by atoms with E-state index in [9.17, 15) is 4.79 Å². The quantitative estimate of drug-likeness (QED) is 0.650. The summed E-state index contributed by atoms with van der Waals surface area (Å²) >= 11 is 5.89. The lowest BCUT2D eigenvalue weighted by Gasteiger charge is -2.34. The van der Waals surface area contributed by atoms with Crippen LogP contribution in [0.5, 0.6) is 0 Å². The molecule has 0 unspecified atom stereocenters. The number of aromatic nitrogens is 1. The number of hydrogen-bond donors (Lipinski definition) is 1. The number of pyridine rings is 1. The van der Waals surface area contributed by atoms with Crippen molar-refractivity contribution < 1.29 is 9.53 Å². The first-order valence-corrected chi connectivity index (χ1v) is 9.18. The standard InChI is InChI=1S/C15H21BrIN3O2/c1-15(2,3)22-14(21)19-10-5-8-20(9-6-10)13-12(16)11(17)4-7-18-13/h4,7,10H,5-6,8-9H2,1-3H3,(H,19,21). The highest BCUT2D eigenvalue weighted by Crippen LogP contribution is 2.30. The van der Waals surface area contributed by atoms with E-state index < -0.39 is 5.60 Å². The Hall–Kier alpha value is -0.570. The van der Waals surface area contributed by atoms with Crippen LogP contribution >= 0.6 is 38.5 Å². The van der Waals surface area contributed by atoms with Gasteiger partial charge in [-0.15, -0.1) is 0 Å². The molecular formula is C15H21BrIN3O2. The second-order valence-corrected chi connectivity index (χ2v) is 8.29. The third-order valence-electron chi connectivity index (χ3n) is 3.34. The molecule has 2 heterocycles. The summed E-state index contributed by atoms with van der Waals surface area (Å²) in [6.45, 7) is 7.35. The molecule has 7 heteroatoms. The number of carbonyl (C=O) groups is 1. The molecule has 1 amide bonds. The minimum atomic E-state index is -0.458. The molecule has 1 fully saturated rings. The van der Waals surface area contributed by atoms with Gasteiger partial charge in [-0.2, -0.15) is 0 Å². The van der Waals surface area contributed by atoms with Crippen LogP contribution < -0.4 is 10.2 Å². The van der Waals surface area contributed by atoms with E-state index >= 15 is 0 Å². The van der Waals surface area contributed by atoms with E-state index in [2.05, 4.69) is 53.7 Å². The molecule has 22 heavy (non-hydrogen) atoms. The van der Waals surface area contributed by atoms with Crippen LogP contribution in [0.4, 0.5) is 10.6 Å². The molecule has 5 nitrogen and oxygen atoms in total. The Bertz CT molecular complexity index is 540. The average Bonchev–Trinajstić information content (AvgIpc) is 2.41. The van der Waals surface area contributed by atoms with Crippen LogP contribution in [0.1, 0.15) is 33.6 Å². The van der Waals surface area contributed by atoms with Gasteiger partial charge in [0.25, 0.3) is 0 Å². The van der Waals surface area contributed by atoms with E-state index in [1.165, 1.54) is 0 Å². The van der Waals surface area contributed by atoms with Crippen molar-refractivity contribution in [3.8, 4) is 0 Å². The Labute approximate surface area is 153 Å². The number of alkyl carbamates (subject to hydrolysis) is 1. The third-order valence-corrected chi connectivity index (χ3v) is 5.76. The molecule has 2 rings (SSSR count). The Morgan fingerprint density at radius 2 is 2.09 bits per heavy atom. The van der Waals surface area contributed by atoms with Crippen LogP contribution in [0.25, 0.3) is 0 Å². The molecule has 1 aromatic rings. The van der Waals surface area contributed by atoms with Crippen LogP contribution in [0.3, 0.4) is 0 Å². The first-order chi connectivity index (χ1) is 10.3. The molecular weight excluding hydrogens is 461 g/mol. The Morgan fingerprint density at radius 1 is 1.45 bits per heavy atom. The number of halogens is 2. The molecule has 1 aromatic heterocycles. The number of ether oxygens (including phenoxy) is 1. The number of carbonyl (C=O) groups excluding carboxylic acids is 1. The van der Waals surface area contributed by atoms with Crippen LogP contribution in [0.15, 0.2) is 16.7 Å². The van der Waals surface area contributed by atoms with Gasteiger partial charge in [-0.1, -0.05) is 0 Å². The number of piperidine rings is 1. The van der Waals surface area contributed by atoms with Crippen LogP contribution in [0, 0.1) is 3.57 Å². The van der Waals surface area contributed by atoms with E-state index in [1.54, 1.807) is 0 Å². The lowest BCUT2D eigenvalue weighted by atomic mass is 10.1. The molecule has 1 N–H and O–H groups in total. The van der Waals surface area contributed by atoms with Gasteiger partial charge in [0.2, 0.25) is 0 Å². The van der Waals surface area contributed by atoms with Crippen LogP contribution in [0.2, 0.25) is 0 Å². The summed E-state index contributed by atoms with van der Waals surface area (Å²) in [6.07, 6.45) is 3.27. The summed E-state index contributed by atoms with van der Waals surface area (Å²) in [5.74, 6) is 0.975. The van der Waals surface area contributed by atoms with Gasteiger partial charge < -0.3 is 15.0 Å². The molecule has 1 saturated heterocycles. The van der Waals surface area contributed by atoms with Gasteiger partial charge in [0.15, 0.2) is 0 Å². The first kappa shape index (κ1) is 17.8. The summed E-state index contributed by atoms with van der Waals surface area (Å²) < 4.78 is 7.49. The molecule has 122 valence electrons. The fourth-order valence-electron chi connectivity index (χ4n) is 2.34. The summed E-state index contributed by atoms with van der Waals surface area (Å²) in [5, 5.41) is 2.95. The van der Waals surface area contributed by atoms with Gasteiger partial charge in [0, 0.05) is 28.9 Å². The van der Waals surface area contributed by atoms with Crippen molar-refractivity contribution in [2.75, 3.05) is 18.0 Å².